The number of carbonyl (C=O) groups excluding carboxylic acids is 2. The number of anilines is 1. The van der Waals surface area contributed by atoms with E-state index in [9.17, 15) is 18.0 Å². The zero-order chi connectivity index (χ0) is 21.7. The van der Waals surface area contributed by atoms with Gasteiger partial charge in [-0.05, 0) is 36.4 Å². The molecule has 1 aromatic heterocycles. The molecule has 0 aliphatic carbocycles. The van der Waals surface area contributed by atoms with Crippen molar-refractivity contribution in [3.63, 3.8) is 0 Å². The normalized spacial score (nSPS) is 11.4. The highest BCUT2D eigenvalue weighted by molar-refractivity contribution is 7.89. The van der Waals surface area contributed by atoms with Gasteiger partial charge in [-0.25, -0.2) is 13.1 Å². The molecule has 3 aromatic rings. The van der Waals surface area contributed by atoms with Gasteiger partial charge in [-0.3, -0.25) is 9.59 Å². The third kappa shape index (κ3) is 5.41. The highest BCUT2D eigenvalue weighted by Gasteiger charge is 2.16. The summed E-state index contributed by atoms with van der Waals surface area (Å²) in [4.78, 5) is 25.6. The largest absolute Gasteiger partial charge is 0.326 e. The number of benzene rings is 2. The van der Waals surface area contributed by atoms with Gasteiger partial charge in [0.25, 0.3) is 0 Å². The van der Waals surface area contributed by atoms with Gasteiger partial charge in [0.1, 0.15) is 0 Å². The molecule has 1 heterocycles. The zero-order valence-corrected chi connectivity index (χ0v) is 18.2. The van der Waals surface area contributed by atoms with Crippen LogP contribution in [0, 0.1) is 5.92 Å². The molecule has 3 rings (SSSR count). The Morgan fingerprint density at radius 2 is 1.60 bits per heavy atom. The van der Waals surface area contributed by atoms with Gasteiger partial charge in [0.05, 0.1) is 9.77 Å². The van der Waals surface area contributed by atoms with Gasteiger partial charge in [0.2, 0.25) is 21.7 Å². The first-order valence-corrected chi connectivity index (χ1v) is 11.7. The van der Waals surface area contributed by atoms with E-state index in [0.717, 1.165) is 4.88 Å². The fourth-order valence-corrected chi connectivity index (χ4v) is 4.59. The Bertz CT molecular complexity index is 1140. The Labute approximate surface area is 180 Å². The molecular formula is C22H22N2O4S2. The van der Waals surface area contributed by atoms with Gasteiger partial charge >= 0.3 is 0 Å². The highest BCUT2D eigenvalue weighted by atomic mass is 32.2. The van der Waals surface area contributed by atoms with Gasteiger partial charge in [-0.2, -0.15) is 0 Å². The molecular weight excluding hydrogens is 420 g/mol. The summed E-state index contributed by atoms with van der Waals surface area (Å²) in [5, 5.41) is 2.72. The van der Waals surface area contributed by atoms with Crippen LogP contribution in [0.2, 0.25) is 0 Å². The molecule has 2 N–H and O–H groups in total. The van der Waals surface area contributed by atoms with Crippen molar-refractivity contribution in [3.05, 3.63) is 82.0 Å². The molecule has 2 aromatic carbocycles. The van der Waals surface area contributed by atoms with E-state index in [2.05, 4.69) is 10.0 Å². The van der Waals surface area contributed by atoms with Gasteiger partial charge in [0, 0.05) is 28.6 Å². The maximum Gasteiger partial charge on any atom is 0.240 e. The lowest BCUT2D eigenvalue weighted by Crippen LogP contribution is -2.23. The zero-order valence-electron chi connectivity index (χ0n) is 16.6. The van der Waals surface area contributed by atoms with Crippen LogP contribution in [-0.2, 0) is 21.4 Å². The number of ketones is 1. The quantitative estimate of drug-likeness (QED) is 0.515. The lowest BCUT2D eigenvalue weighted by molar-refractivity contribution is -0.118. The minimum absolute atomic E-state index is 0.0842. The second kappa shape index (κ2) is 9.34. The topological polar surface area (TPSA) is 92.3 Å². The Kier molecular flexibility index (Phi) is 6.81. The predicted octanol–water partition coefficient (Wildman–Crippen LogP) is 4.05. The third-order valence-corrected chi connectivity index (χ3v) is 6.82. The van der Waals surface area contributed by atoms with Crippen molar-refractivity contribution in [1.29, 1.82) is 0 Å². The minimum atomic E-state index is -3.72. The van der Waals surface area contributed by atoms with Crippen LogP contribution in [0.25, 0.3) is 0 Å². The monoisotopic (exact) mass is 442 g/mol. The average molecular weight is 443 g/mol. The maximum atomic E-state index is 12.5. The average Bonchev–Trinajstić information content (AvgIpc) is 3.22. The van der Waals surface area contributed by atoms with E-state index in [0.29, 0.717) is 16.1 Å². The van der Waals surface area contributed by atoms with Gasteiger partial charge < -0.3 is 5.32 Å². The number of hydrogen-bond donors (Lipinski definition) is 2. The second-order valence-electron chi connectivity index (χ2n) is 6.95. The number of sulfonamides is 1. The molecule has 8 heteroatoms. The molecule has 0 spiro atoms. The second-order valence-corrected chi connectivity index (χ2v) is 9.89. The van der Waals surface area contributed by atoms with Crippen LogP contribution in [-0.4, -0.2) is 20.1 Å². The number of nitrogens with one attached hydrogen (secondary N) is 2. The molecule has 0 fully saturated rings. The predicted molar refractivity (Wildman–Crippen MR) is 118 cm³/mol. The van der Waals surface area contributed by atoms with E-state index in [4.69, 9.17) is 0 Å². The van der Waals surface area contributed by atoms with Crippen molar-refractivity contribution in [2.45, 2.75) is 25.3 Å². The summed E-state index contributed by atoms with van der Waals surface area (Å²) in [7, 11) is -3.72. The molecule has 0 unspecified atom stereocenters. The van der Waals surface area contributed by atoms with Crippen LogP contribution in [0.3, 0.4) is 0 Å². The van der Waals surface area contributed by atoms with E-state index >= 15 is 0 Å². The molecule has 0 aliphatic rings. The molecule has 0 bridgehead atoms. The number of rotatable bonds is 8. The summed E-state index contributed by atoms with van der Waals surface area (Å²) in [6.07, 6.45) is 0. The van der Waals surface area contributed by atoms with Crippen molar-refractivity contribution >= 4 is 38.7 Å². The van der Waals surface area contributed by atoms with Crippen molar-refractivity contribution in [2.24, 2.45) is 5.92 Å². The number of hydrogen-bond acceptors (Lipinski definition) is 5. The summed E-state index contributed by atoms with van der Waals surface area (Å²) < 4.78 is 27.6. The molecule has 30 heavy (non-hydrogen) atoms. The first-order valence-electron chi connectivity index (χ1n) is 9.35. The molecule has 0 aliphatic heterocycles. The lowest BCUT2D eigenvalue weighted by Gasteiger charge is -2.09. The highest BCUT2D eigenvalue weighted by Crippen LogP contribution is 2.21. The van der Waals surface area contributed by atoms with E-state index in [1.807, 2.05) is 6.07 Å². The van der Waals surface area contributed by atoms with Crippen molar-refractivity contribution in [1.82, 2.24) is 4.72 Å². The van der Waals surface area contributed by atoms with E-state index in [1.54, 1.807) is 62.4 Å². The van der Waals surface area contributed by atoms with Crippen molar-refractivity contribution in [2.75, 3.05) is 5.32 Å². The van der Waals surface area contributed by atoms with E-state index in [1.165, 1.54) is 23.5 Å². The lowest BCUT2D eigenvalue weighted by atomic mass is 10.1. The Morgan fingerprint density at radius 1 is 0.933 bits per heavy atom. The Balaban J connectivity index is 1.63. The van der Waals surface area contributed by atoms with Gasteiger partial charge in [-0.1, -0.05) is 44.2 Å². The van der Waals surface area contributed by atoms with Crippen LogP contribution in [0.15, 0.2) is 71.6 Å². The molecule has 0 saturated carbocycles. The van der Waals surface area contributed by atoms with Crippen LogP contribution in [0.4, 0.5) is 5.69 Å². The fourth-order valence-electron chi connectivity index (χ4n) is 2.58. The SMILES string of the molecule is CC(C)C(=O)Nc1ccc(S(=O)(=O)NCc2ccc(C(=O)c3ccccc3)s2)cc1. The molecule has 6 nitrogen and oxygen atoms in total. The van der Waals surface area contributed by atoms with Crippen molar-refractivity contribution in [3.8, 4) is 0 Å². The molecule has 0 radical (unpaired) electrons. The van der Waals surface area contributed by atoms with Gasteiger partial charge in [-0.15, -0.1) is 11.3 Å². The number of carbonyl (C=O) groups is 2. The van der Waals surface area contributed by atoms with E-state index < -0.39 is 10.0 Å². The molecule has 1 amide bonds. The van der Waals surface area contributed by atoms with Gasteiger partial charge in [0.15, 0.2) is 0 Å². The fraction of sp³-hybridized carbons (Fsp3) is 0.182. The van der Waals surface area contributed by atoms with E-state index in [-0.39, 0.29) is 29.0 Å². The van der Waals surface area contributed by atoms with Crippen molar-refractivity contribution < 1.29 is 18.0 Å². The summed E-state index contributed by atoms with van der Waals surface area (Å²) >= 11 is 1.26. The van der Waals surface area contributed by atoms with Crippen LogP contribution >= 0.6 is 11.3 Å². The molecule has 0 atom stereocenters. The first kappa shape index (κ1) is 21.9. The van der Waals surface area contributed by atoms with Crippen LogP contribution < -0.4 is 10.0 Å². The summed E-state index contributed by atoms with van der Waals surface area (Å²) in [6.45, 7) is 3.64. The third-order valence-electron chi connectivity index (χ3n) is 4.31. The number of thiophene rings is 1. The molecule has 156 valence electrons. The summed E-state index contributed by atoms with van der Waals surface area (Å²) in [6, 6.07) is 18.4. The smallest absolute Gasteiger partial charge is 0.240 e. The maximum absolute atomic E-state index is 12.5. The number of amides is 1. The standard InChI is InChI=1S/C22H22N2O4S2/c1-15(2)22(26)24-17-8-11-19(12-9-17)30(27,28)23-14-18-10-13-20(29-18)21(25)16-6-4-3-5-7-16/h3-13,15,23H,14H2,1-2H3,(H,24,26). The Morgan fingerprint density at radius 3 is 2.23 bits per heavy atom. The Hall–Kier alpha value is -2.81. The molecule has 0 saturated heterocycles. The van der Waals surface area contributed by atoms with Crippen LogP contribution in [0.1, 0.15) is 34.0 Å². The van der Waals surface area contributed by atoms with Crippen LogP contribution in [0.5, 0.6) is 0 Å². The summed E-state index contributed by atoms with van der Waals surface area (Å²) in [5.41, 5.74) is 1.13. The first-order chi connectivity index (χ1) is 14.3. The minimum Gasteiger partial charge on any atom is -0.326 e. The summed E-state index contributed by atoms with van der Waals surface area (Å²) in [5.74, 6) is -0.393.